The van der Waals surface area contributed by atoms with Crippen LogP contribution in [0.5, 0.6) is 0 Å². The van der Waals surface area contributed by atoms with Crippen LogP contribution in [0, 0.1) is 0 Å². The molecule has 138 valence electrons. The van der Waals surface area contributed by atoms with E-state index in [1.54, 1.807) is 11.8 Å². The first-order chi connectivity index (χ1) is 13.2. The summed E-state index contributed by atoms with van der Waals surface area (Å²) in [6, 6.07) is 20.0. The Morgan fingerprint density at radius 1 is 0.926 bits per heavy atom. The lowest BCUT2D eigenvalue weighted by Crippen LogP contribution is -2.54. The molecule has 5 heteroatoms. The van der Waals surface area contributed by atoms with Crippen molar-refractivity contribution >= 4 is 29.1 Å². The second kappa shape index (κ2) is 8.13. The number of hydrogen-bond donors (Lipinski definition) is 2. The minimum atomic E-state index is -1.32. The van der Waals surface area contributed by atoms with E-state index in [9.17, 15) is 5.11 Å². The number of nitrogens with zero attached hydrogens (tertiary/aromatic N) is 1. The molecule has 2 aliphatic heterocycles. The zero-order chi connectivity index (χ0) is 18.5. The van der Waals surface area contributed by atoms with Crippen LogP contribution >= 0.6 is 11.8 Å². The lowest BCUT2D eigenvalue weighted by molar-refractivity contribution is 0.0294. The number of nitrogens with one attached hydrogen (secondary N) is 1. The second-order valence-electron chi connectivity index (χ2n) is 6.52. The molecule has 1 saturated heterocycles. The van der Waals surface area contributed by atoms with Crippen molar-refractivity contribution in [3.8, 4) is 0 Å². The summed E-state index contributed by atoms with van der Waals surface area (Å²) in [5.41, 5.74) is 2.28. The summed E-state index contributed by atoms with van der Waals surface area (Å²) < 4.78 is 5.82. The minimum absolute atomic E-state index is 0.364. The number of rotatable bonds is 3. The first kappa shape index (κ1) is 18.0. The molecule has 2 N–H and O–H groups in total. The average Bonchev–Trinajstić information content (AvgIpc) is 3.20. The van der Waals surface area contributed by atoms with Gasteiger partial charge in [0.2, 0.25) is 0 Å². The molecule has 2 heterocycles. The highest BCUT2D eigenvalue weighted by Crippen LogP contribution is 2.33. The van der Waals surface area contributed by atoms with Crippen LogP contribution in [-0.4, -0.2) is 41.5 Å². The SMILES string of the molecule is OC1(NC2=NCCS2)/C(=C\c2ccccc2)COC/C1=C\c1ccccc1. The number of hydrogen-bond acceptors (Lipinski definition) is 5. The standard InChI is InChI=1S/C22H22N2O2S/c25-22(24-21-23-11-12-27-21)19(13-17-7-3-1-4-8-17)15-26-16-20(22)14-18-9-5-2-6-10-18/h1-10,13-14,25H,11-12,15-16H2,(H,23,24)/b19-13-,20-14+. The Bertz CT molecular complexity index is 818. The van der Waals surface area contributed by atoms with E-state index in [-0.39, 0.29) is 0 Å². The minimum Gasteiger partial charge on any atom is -0.372 e. The molecule has 1 fully saturated rings. The van der Waals surface area contributed by atoms with Gasteiger partial charge in [-0.2, -0.15) is 0 Å². The van der Waals surface area contributed by atoms with E-state index in [2.05, 4.69) is 10.3 Å². The Hall–Kier alpha value is -2.34. The molecule has 2 aromatic carbocycles. The predicted molar refractivity (Wildman–Crippen MR) is 113 cm³/mol. The highest BCUT2D eigenvalue weighted by atomic mass is 32.2. The van der Waals surface area contributed by atoms with Gasteiger partial charge in [0.25, 0.3) is 0 Å². The highest BCUT2D eigenvalue weighted by molar-refractivity contribution is 8.14. The zero-order valence-electron chi connectivity index (χ0n) is 15.0. The average molecular weight is 378 g/mol. The molecule has 0 aromatic heterocycles. The van der Waals surface area contributed by atoms with E-state index in [0.717, 1.165) is 39.7 Å². The summed E-state index contributed by atoms with van der Waals surface area (Å²) in [4.78, 5) is 4.47. The predicted octanol–water partition coefficient (Wildman–Crippen LogP) is 3.56. The molecule has 27 heavy (non-hydrogen) atoms. The van der Waals surface area contributed by atoms with Crippen LogP contribution in [0.1, 0.15) is 11.1 Å². The number of thioether (sulfide) groups is 1. The summed E-state index contributed by atoms with van der Waals surface area (Å²) >= 11 is 1.63. The van der Waals surface area contributed by atoms with E-state index < -0.39 is 5.72 Å². The van der Waals surface area contributed by atoms with Gasteiger partial charge in [0.05, 0.1) is 19.8 Å². The molecule has 0 aliphatic carbocycles. The normalized spacial score (nSPS) is 25.6. The lowest BCUT2D eigenvalue weighted by Gasteiger charge is -2.38. The van der Waals surface area contributed by atoms with Crippen molar-refractivity contribution in [1.29, 1.82) is 0 Å². The molecule has 1 unspecified atom stereocenters. The van der Waals surface area contributed by atoms with Crippen LogP contribution in [0.4, 0.5) is 0 Å². The summed E-state index contributed by atoms with van der Waals surface area (Å²) in [5.74, 6) is 0.935. The van der Waals surface area contributed by atoms with Crippen molar-refractivity contribution in [2.75, 3.05) is 25.5 Å². The molecule has 4 nitrogen and oxygen atoms in total. The molecule has 0 saturated carbocycles. The van der Waals surface area contributed by atoms with Crippen molar-refractivity contribution in [2.45, 2.75) is 5.72 Å². The molecule has 4 rings (SSSR count). The molecular formula is C22H22N2O2S. The number of aliphatic imine (C=N–C) groups is 1. The van der Waals surface area contributed by atoms with Gasteiger partial charge in [-0.05, 0) is 23.3 Å². The third kappa shape index (κ3) is 4.16. The summed E-state index contributed by atoms with van der Waals surface area (Å²) in [5, 5.41) is 15.8. The Balaban J connectivity index is 1.75. The van der Waals surface area contributed by atoms with E-state index in [4.69, 9.17) is 4.74 Å². The number of ether oxygens (including phenoxy) is 1. The molecular weight excluding hydrogens is 356 g/mol. The molecule has 0 radical (unpaired) electrons. The fraction of sp³-hybridized carbons (Fsp3) is 0.227. The third-order valence-corrected chi connectivity index (χ3v) is 5.49. The molecule has 1 atom stereocenters. The van der Waals surface area contributed by atoms with Crippen LogP contribution in [0.15, 0.2) is 76.8 Å². The monoisotopic (exact) mass is 378 g/mol. The van der Waals surface area contributed by atoms with Crippen molar-refractivity contribution in [3.05, 3.63) is 82.9 Å². The fourth-order valence-corrected chi connectivity index (χ4v) is 3.98. The smallest absolute Gasteiger partial charge is 0.187 e. The van der Waals surface area contributed by atoms with Crippen LogP contribution in [-0.2, 0) is 4.74 Å². The maximum Gasteiger partial charge on any atom is 0.187 e. The molecule has 0 spiro atoms. The van der Waals surface area contributed by atoms with Gasteiger partial charge >= 0.3 is 0 Å². The van der Waals surface area contributed by atoms with E-state index in [1.807, 2.05) is 72.8 Å². The van der Waals surface area contributed by atoms with Crippen molar-refractivity contribution in [3.63, 3.8) is 0 Å². The number of benzene rings is 2. The Morgan fingerprint density at radius 3 is 1.96 bits per heavy atom. The first-order valence-corrected chi connectivity index (χ1v) is 10.0. The van der Waals surface area contributed by atoms with Gasteiger partial charge in [0, 0.05) is 16.9 Å². The number of aliphatic hydroxyl groups is 1. The quantitative estimate of drug-likeness (QED) is 0.802. The summed E-state index contributed by atoms with van der Waals surface area (Å²) in [7, 11) is 0. The van der Waals surface area contributed by atoms with Crippen LogP contribution < -0.4 is 5.32 Å². The van der Waals surface area contributed by atoms with Gasteiger partial charge < -0.3 is 15.2 Å². The topological polar surface area (TPSA) is 53.8 Å². The van der Waals surface area contributed by atoms with Crippen molar-refractivity contribution in [1.82, 2.24) is 5.32 Å². The largest absolute Gasteiger partial charge is 0.372 e. The highest BCUT2D eigenvalue weighted by Gasteiger charge is 2.40. The molecule has 2 aliphatic rings. The Kier molecular flexibility index (Phi) is 5.43. The van der Waals surface area contributed by atoms with Crippen molar-refractivity contribution in [2.24, 2.45) is 4.99 Å². The molecule has 0 bridgehead atoms. The van der Waals surface area contributed by atoms with Gasteiger partial charge in [-0.25, -0.2) is 0 Å². The van der Waals surface area contributed by atoms with Crippen LogP contribution in [0.3, 0.4) is 0 Å². The first-order valence-electron chi connectivity index (χ1n) is 9.02. The van der Waals surface area contributed by atoms with E-state index >= 15 is 0 Å². The van der Waals surface area contributed by atoms with Crippen LogP contribution in [0.25, 0.3) is 12.2 Å². The maximum absolute atomic E-state index is 11.8. The number of amidine groups is 1. The fourth-order valence-electron chi connectivity index (χ4n) is 3.21. The van der Waals surface area contributed by atoms with Gasteiger partial charge in [-0.1, -0.05) is 72.4 Å². The third-order valence-electron chi connectivity index (χ3n) is 4.60. The van der Waals surface area contributed by atoms with Gasteiger partial charge in [0.1, 0.15) is 0 Å². The Labute approximate surface area is 163 Å². The maximum atomic E-state index is 11.8. The van der Waals surface area contributed by atoms with Gasteiger partial charge in [0.15, 0.2) is 10.9 Å². The van der Waals surface area contributed by atoms with Crippen LogP contribution in [0.2, 0.25) is 0 Å². The van der Waals surface area contributed by atoms with E-state index in [0.29, 0.717) is 13.2 Å². The van der Waals surface area contributed by atoms with Gasteiger partial charge in [-0.15, -0.1) is 0 Å². The second-order valence-corrected chi connectivity index (χ2v) is 7.61. The van der Waals surface area contributed by atoms with Gasteiger partial charge in [-0.3, -0.25) is 4.99 Å². The Morgan fingerprint density at radius 2 is 1.48 bits per heavy atom. The summed E-state index contributed by atoms with van der Waals surface area (Å²) in [6.45, 7) is 1.50. The molecule has 2 aromatic rings. The molecule has 0 amide bonds. The zero-order valence-corrected chi connectivity index (χ0v) is 15.8. The summed E-state index contributed by atoms with van der Waals surface area (Å²) in [6.07, 6.45) is 3.98. The lowest BCUT2D eigenvalue weighted by atomic mass is 9.89. The van der Waals surface area contributed by atoms with E-state index in [1.165, 1.54) is 0 Å². The van der Waals surface area contributed by atoms with Crippen molar-refractivity contribution < 1.29 is 9.84 Å².